The second-order valence-corrected chi connectivity index (χ2v) is 1.76. The molecule has 0 aliphatic heterocycles. The Morgan fingerprint density at radius 3 is 2.30 bits per heavy atom. The molecular weight excluding hydrogens is 126 g/mol. The molecule has 0 N–H and O–H groups in total. The van der Waals surface area contributed by atoms with Crippen LogP contribution in [0.3, 0.4) is 0 Å². The zero-order valence-corrected chi connectivity index (χ0v) is 6.37. The van der Waals surface area contributed by atoms with Gasteiger partial charge in [0.15, 0.2) is 0 Å². The maximum absolute atomic E-state index is 8.93. The second kappa shape index (κ2) is 6.23. The van der Waals surface area contributed by atoms with Gasteiger partial charge in [-0.2, -0.15) is 0 Å². The van der Waals surface area contributed by atoms with E-state index >= 15 is 0 Å². The molecule has 0 spiro atoms. The van der Waals surface area contributed by atoms with Crippen molar-refractivity contribution < 1.29 is 5.11 Å². The van der Waals surface area contributed by atoms with Gasteiger partial charge in [0.25, 0.3) is 0 Å². The van der Waals surface area contributed by atoms with Crippen molar-refractivity contribution in [3.8, 4) is 0 Å². The van der Waals surface area contributed by atoms with Crippen LogP contribution in [0.15, 0.2) is 24.4 Å². The fourth-order valence-corrected chi connectivity index (χ4v) is 0.448. The van der Waals surface area contributed by atoms with Crippen LogP contribution in [0.2, 0.25) is 0 Å². The van der Waals surface area contributed by atoms with Crippen molar-refractivity contribution in [1.82, 2.24) is 4.98 Å². The zero-order chi connectivity index (χ0) is 7.82. The average molecular weight is 138 g/mol. The molecule has 1 rings (SSSR count). The molecule has 0 amide bonds. The van der Waals surface area contributed by atoms with E-state index in [0.29, 0.717) is 0 Å². The Bertz CT molecular complexity index is 151. The molecule has 10 heavy (non-hydrogen) atoms. The molecular formula is C8H12NO. The van der Waals surface area contributed by atoms with Crippen molar-refractivity contribution >= 4 is 0 Å². The van der Waals surface area contributed by atoms with E-state index in [1.54, 1.807) is 13.1 Å². The summed E-state index contributed by atoms with van der Waals surface area (Å²) < 4.78 is 0. The Morgan fingerprint density at radius 1 is 1.50 bits per heavy atom. The van der Waals surface area contributed by atoms with E-state index in [-0.39, 0.29) is 6.61 Å². The van der Waals surface area contributed by atoms with E-state index in [1.807, 2.05) is 25.1 Å². The summed E-state index contributed by atoms with van der Waals surface area (Å²) in [7, 11) is 0. The van der Waals surface area contributed by atoms with Crippen LogP contribution in [-0.2, 0) is 5.11 Å². The molecule has 0 unspecified atom stereocenters. The first kappa shape index (κ1) is 9.11. The lowest BCUT2D eigenvalue weighted by Gasteiger charge is -1.82. The predicted molar refractivity (Wildman–Crippen MR) is 40.2 cm³/mol. The van der Waals surface area contributed by atoms with Crippen molar-refractivity contribution in [2.75, 3.05) is 6.61 Å². The summed E-state index contributed by atoms with van der Waals surface area (Å²) >= 11 is 0. The van der Waals surface area contributed by atoms with Crippen molar-refractivity contribution in [3.05, 3.63) is 30.1 Å². The maximum atomic E-state index is 8.93. The maximum Gasteiger partial charge on any atom is 0.0794 e. The van der Waals surface area contributed by atoms with Crippen LogP contribution < -0.4 is 0 Å². The van der Waals surface area contributed by atoms with Gasteiger partial charge < -0.3 is 0 Å². The van der Waals surface area contributed by atoms with E-state index in [2.05, 4.69) is 4.98 Å². The molecule has 0 saturated heterocycles. The van der Waals surface area contributed by atoms with Gasteiger partial charge in [-0.3, -0.25) is 4.98 Å². The third kappa shape index (κ3) is 5.25. The van der Waals surface area contributed by atoms with Crippen LogP contribution in [0.25, 0.3) is 0 Å². The first-order chi connectivity index (χ1) is 4.81. The Labute approximate surface area is 61.5 Å². The fourth-order valence-electron chi connectivity index (χ4n) is 0.448. The van der Waals surface area contributed by atoms with Gasteiger partial charge in [-0.25, -0.2) is 5.11 Å². The lowest BCUT2D eigenvalue weighted by molar-refractivity contribution is 0.212. The predicted octanol–water partition coefficient (Wildman–Crippen LogP) is 1.83. The minimum absolute atomic E-state index is 0. The number of nitrogens with zero attached hydrogens (tertiary/aromatic N) is 1. The van der Waals surface area contributed by atoms with E-state index in [4.69, 9.17) is 5.11 Å². The quantitative estimate of drug-likeness (QED) is 0.538. The number of rotatable bonds is 0. The smallest absolute Gasteiger partial charge is 0.0794 e. The molecule has 2 heteroatoms. The Balaban J connectivity index is 0.000000236. The summed E-state index contributed by atoms with van der Waals surface area (Å²) in [6.07, 6.45) is 1.79. The molecule has 0 bridgehead atoms. The van der Waals surface area contributed by atoms with Crippen LogP contribution in [0.1, 0.15) is 12.6 Å². The highest BCUT2D eigenvalue weighted by molar-refractivity contribution is 4.99. The molecule has 55 valence electrons. The van der Waals surface area contributed by atoms with Crippen molar-refractivity contribution in [3.63, 3.8) is 0 Å². The van der Waals surface area contributed by atoms with Gasteiger partial charge in [0.2, 0.25) is 0 Å². The minimum Gasteiger partial charge on any atom is -0.262 e. The normalized spacial score (nSPS) is 7.90. The monoisotopic (exact) mass is 138 g/mol. The highest BCUT2D eigenvalue weighted by Crippen LogP contribution is 1.85. The number of aromatic nitrogens is 1. The van der Waals surface area contributed by atoms with Crippen LogP contribution in [0, 0.1) is 6.92 Å². The SMILES string of the molecule is CC[O].Cc1ccccn1. The number of hydrogen-bond donors (Lipinski definition) is 0. The number of hydrogen-bond acceptors (Lipinski definition) is 1. The van der Waals surface area contributed by atoms with E-state index in [1.165, 1.54) is 0 Å². The third-order valence-electron chi connectivity index (χ3n) is 0.813. The van der Waals surface area contributed by atoms with E-state index in [9.17, 15) is 0 Å². The van der Waals surface area contributed by atoms with Crippen LogP contribution >= 0.6 is 0 Å². The highest BCUT2D eigenvalue weighted by atomic mass is 16.2. The van der Waals surface area contributed by atoms with Gasteiger partial charge in [0.05, 0.1) is 6.61 Å². The first-order valence-electron chi connectivity index (χ1n) is 3.27. The standard InChI is InChI=1S/C6H7N.C2H5O/c1-6-4-2-3-5-7-6;1-2-3/h2-5H,1H3;2H2,1H3. The number of pyridine rings is 1. The van der Waals surface area contributed by atoms with Crippen molar-refractivity contribution in [1.29, 1.82) is 0 Å². The molecule has 0 fully saturated rings. The molecule has 1 aromatic rings. The van der Waals surface area contributed by atoms with Gasteiger partial charge >= 0.3 is 0 Å². The van der Waals surface area contributed by atoms with Gasteiger partial charge in [-0.15, -0.1) is 0 Å². The minimum atomic E-state index is 0. The Morgan fingerprint density at radius 2 is 2.10 bits per heavy atom. The average Bonchev–Trinajstić information content (AvgIpc) is 1.91. The summed E-state index contributed by atoms with van der Waals surface area (Å²) in [4.78, 5) is 3.98. The van der Waals surface area contributed by atoms with E-state index < -0.39 is 0 Å². The Kier molecular flexibility index (Phi) is 5.68. The van der Waals surface area contributed by atoms with Gasteiger partial charge in [-0.05, 0) is 26.0 Å². The molecule has 0 saturated carbocycles. The fraction of sp³-hybridized carbons (Fsp3) is 0.375. The summed E-state index contributed by atoms with van der Waals surface area (Å²) in [5, 5.41) is 8.93. The lowest BCUT2D eigenvalue weighted by atomic mass is 10.4. The van der Waals surface area contributed by atoms with Gasteiger partial charge in [0.1, 0.15) is 0 Å². The molecule has 1 radical (unpaired) electrons. The summed E-state index contributed by atoms with van der Waals surface area (Å²) in [5.41, 5.74) is 1.07. The van der Waals surface area contributed by atoms with E-state index in [0.717, 1.165) is 5.69 Å². The molecule has 0 aliphatic rings. The number of aryl methyl sites for hydroxylation is 1. The van der Waals surface area contributed by atoms with Crippen LogP contribution in [0.4, 0.5) is 0 Å². The third-order valence-corrected chi connectivity index (χ3v) is 0.813. The highest BCUT2D eigenvalue weighted by Gasteiger charge is 1.73. The summed E-state index contributed by atoms with van der Waals surface area (Å²) in [5.74, 6) is 0. The first-order valence-corrected chi connectivity index (χ1v) is 3.27. The topological polar surface area (TPSA) is 32.8 Å². The zero-order valence-electron chi connectivity index (χ0n) is 6.37. The Hall–Kier alpha value is -0.890. The second-order valence-electron chi connectivity index (χ2n) is 1.76. The van der Waals surface area contributed by atoms with Gasteiger partial charge in [0, 0.05) is 11.9 Å². The summed E-state index contributed by atoms with van der Waals surface area (Å²) in [6.45, 7) is 3.54. The van der Waals surface area contributed by atoms with Crippen LogP contribution in [-0.4, -0.2) is 11.6 Å². The molecule has 0 aliphatic carbocycles. The molecule has 0 aromatic carbocycles. The largest absolute Gasteiger partial charge is 0.262 e. The van der Waals surface area contributed by atoms with Crippen LogP contribution in [0.5, 0.6) is 0 Å². The molecule has 0 atom stereocenters. The van der Waals surface area contributed by atoms with Crippen molar-refractivity contribution in [2.24, 2.45) is 0 Å². The van der Waals surface area contributed by atoms with Crippen molar-refractivity contribution in [2.45, 2.75) is 13.8 Å². The lowest BCUT2D eigenvalue weighted by Crippen LogP contribution is -1.72. The molecule has 2 nitrogen and oxygen atoms in total. The molecule has 1 aromatic heterocycles. The summed E-state index contributed by atoms with van der Waals surface area (Å²) in [6, 6.07) is 5.86. The van der Waals surface area contributed by atoms with Gasteiger partial charge in [-0.1, -0.05) is 6.07 Å². The molecule has 1 heterocycles.